The summed E-state index contributed by atoms with van der Waals surface area (Å²) < 4.78 is 18.6. The lowest BCUT2D eigenvalue weighted by atomic mass is 10.1. The van der Waals surface area contributed by atoms with E-state index < -0.39 is 11.5 Å². The molecule has 11 heteroatoms. The minimum atomic E-state index is -1.03. The van der Waals surface area contributed by atoms with E-state index in [4.69, 9.17) is 37.1 Å². The predicted octanol–water partition coefficient (Wildman–Crippen LogP) is 7.28. The lowest BCUT2D eigenvalue weighted by Crippen LogP contribution is -2.20. The molecule has 2 heterocycles. The van der Waals surface area contributed by atoms with Gasteiger partial charge in [-0.05, 0) is 71.8 Å². The van der Waals surface area contributed by atoms with Crippen LogP contribution < -0.4 is 15.0 Å². The van der Waals surface area contributed by atoms with Gasteiger partial charge in [0.25, 0.3) is 5.56 Å². The van der Waals surface area contributed by atoms with Crippen LogP contribution in [0.15, 0.2) is 99.2 Å². The molecule has 0 aliphatic carbocycles. The maximum absolute atomic E-state index is 13.6. The van der Waals surface area contributed by atoms with E-state index in [1.54, 1.807) is 72.8 Å². The number of benzene rings is 4. The average Bonchev–Trinajstić information content (AvgIpc) is 3.43. The van der Waals surface area contributed by atoms with Crippen molar-refractivity contribution in [2.75, 3.05) is 7.11 Å². The Morgan fingerprint density at radius 1 is 1.05 bits per heavy atom. The van der Waals surface area contributed by atoms with Gasteiger partial charge >= 0.3 is 5.97 Å². The van der Waals surface area contributed by atoms with Gasteiger partial charge in [0, 0.05) is 10.4 Å². The molecule has 0 unspecified atom stereocenters. The fraction of sp³-hybridized carbons (Fsp3) is 0.0625. The van der Waals surface area contributed by atoms with Crippen molar-refractivity contribution in [2.24, 2.45) is 5.10 Å². The third kappa shape index (κ3) is 5.68. The van der Waals surface area contributed by atoms with Gasteiger partial charge in [-0.15, -0.1) is 0 Å². The second-order valence-corrected chi connectivity index (χ2v) is 10.3. The van der Waals surface area contributed by atoms with Crippen molar-refractivity contribution < 1.29 is 23.8 Å². The van der Waals surface area contributed by atoms with Crippen molar-refractivity contribution in [3.05, 3.63) is 122 Å². The Balaban J connectivity index is 1.37. The Labute approximate surface area is 254 Å². The van der Waals surface area contributed by atoms with E-state index in [2.05, 4.69) is 10.1 Å². The van der Waals surface area contributed by atoms with Crippen LogP contribution in [0, 0.1) is 0 Å². The average molecular weight is 614 g/mol. The van der Waals surface area contributed by atoms with E-state index in [1.165, 1.54) is 30.1 Å². The summed E-state index contributed by atoms with van der Waals surface area (Å²) in [5, 5.41) is 15.6. The van der Waals surface area contributed by atoms with Crippen LogP contribution in [0.5, 0.6) is 11.5 Å². The molecule has 1 N–H and O–H groups in total. The lowest BCUT2D eigenvalue weighted by Gasteiger charge is -2.14. The molecule has 0 radical (unpaired) electrons. The molecule has 2 aromatic heterocycles. The lowest BCUT2D eigenvalue weighted by molar-refractivity contribution is 0.0696. The number of carboxylic acid groups (broad SMARTS) is 1. The zero-order valence-corrected chi connectivity index (χ0v) is 24.0. The van der Waals surface area contributed by atoms with E-state index in [0.29, 0.717) is 44.1 Å². The maximum atomic E-state index is 13.6. The highest BCUT2D eigenvalue weighted by atomic mass is 35.5. The molecule has 0 saturated carbocycles. The monoisotopic (exact) mass is 613 g/mol. The fourth-order valence-corrected chi connectivity index (χ4v) is 5.00. The molecule has 6 rings (SSSR count). The first-order valence-corrected chi connectivity index (χ1v) is 13.6. The van der Waals surface area contributed by atoms with E-state index in [9.17, 15) is 14.7 Å². The maximum Gasteiger partial charge on any atom is 0.335 e. The number of nitrogens with zero attached hydrogens (tertiary/aromatic N) is 3. The largest absolute Gasteiger partial charge is 0.493 e. The van der Waals surface area contributed by atoms with Crippen molar-refractivity contribution in [3.8, 4) is 23.1 Å². The van der Waals surface area contributed by atoms with Gasteiger partial charge in [0.15, 0.2) is 17.3 Å². The highest BCUT2D eigenvalue weighted by Crippen LogP contribution is 2.37. The summed E-state index contributed by atoms with van der Waals surface area (Å²) in [5.74, 6) is 0.0992. The summed E-state index contributed by atoms with van der Waals surface area (Å²) in [6, 6.07) is 23.6. The minimum Gasteiger partial charge on any atom is -0.493 e. The molecule has 214 valence electrons. The summed E-state index contributed by atoms with van der Waals surface area (Å²) in [6.45, 7) is 0.0643. The second-order valence-electron chi connectivity index (χ2n) is 9.44. The van der Waals surface area contributed by atoms with Crippen LogP contribution in [0.3, 0.4) is 0 Å². The van der Waals surface area contributed by atoms with Crippen LogP contribution in [0.25, 0.3) is 33.5 Å². The van der Waals surface area contributed by atoms with Gasteiger partial charge in [-0.25, -0.2) is 9.78 Å². The van der Waals surface area contributed by atoms with Gasteiger partial charge in [0.2, 0.25) is 5.82 Å². The molecule has 43 heavy (non-hydrogen) atoms. The normalized spacial score (nSPS) is 11.4. The number of hydrogen-bond donors (Lipinski definition) is 1. The highest BCUT2D eigenvalue weighted by molar-refractivity contribution is 6.32. The molecular formula is C32H21Cl2N3O6. The topological polar surface area (TPSA) is 116 Å². The molecule has 0 amide bonds. The SMILES string of the molecule is COc1cc(C=Nn2c(-c3cc4cc(Cl)ccc4o3)nc3ccccc3c2=O)cc(Cl)c1OCc1cccc(C(=O)O)c1. The molecular weight excluding hydrogens is 593 g/mol. The highest BCUT2D eigenvalue weighted by Gasteiger charge is 2.17. The zero-order chi connectivity index (χ0) is 30.1. The van der Waals surface area contributed by atoms with Crippen LogP contribution in [0.4, 0.5) is 0 Å². The molecule has 0 saturated heterocycles. The predicted molar refractivity (Wildman–Crippen MR) is 165 cm³/mol. The summed E-state index contributed by atoms with van der Waals surface area (Å²) >= 11 is 12.7. The molecule has 4 aromatic carbocycles. The third-order valence-corrected chi connectivity index (χ3v) is 7.10. The fourth-order valence-electron chi connectivity index (χ4n) is 4.54. The quantitative estimate of drug-likeness (QED) is 0.179. The van der Waals surface area contributed by atoms with E-state index in [-0.39, 0.29) is 28.8 Å². The van der Waals surface area contributed by atoms with E-state index in [1.807, 2.05) is 0 Å². The number of aromatic nitrogens is 2. The molecule has 0 aliphatic heterocycles. The van der Waals surface area contributed by atoms with Crippen LogP contribution >= 0.6 is 23.2 Å². The van der Waals surface area contributed by atoms with Crippen molar-refractivity contribution >= 4 is 57.3 Å². The van der Waals surface area contributed by atoms with Crippen LogP contribution in [-0.4, -0.2) is 34.1 Å². The van der Waals surface area contributed by atoms with Gasteiger partial charge in [0.05, 0.1) is 34.8 Å². The first-order chi connectivity index (χ1) is 20.8. The van der Waals surface area contributed by atoms with Crippen LogP contribution in [-0.2, 0) is 6.61 Å². The Morgan fingerprint density at radius 3 is 2.70 bits per heavy atom. The molecule has 0 atom stereocenters. The first-order valence-electron chi connectivity index (χ1n) is 12.9. The number of furan rings is 1. The third-order valence-electron chi connectivity index (χ3n) is 6.58. The van der Waals surface area contributed by atoms with Crippen molar-refractivity contribution in [3.63, 3.8) is 0 Å². The summed E-state index contributed by atoms with van der Waals surface area (Å²) in [4.78, 5) is 29.6. The number of halogens is 2. The van der Waals surface area contributed by atoms with Crippen molar-refractivity contribution in [1.82, 2.24) is 9.66 Å². The smallest absolute Gasteiger partial charge is 0.335 e. The Bertz CT molecular complexity index is 2120. The molecule has 9 nitrogen and oxygen atoms in total. The van der Waals surface area contributed by atoms with E-state index >= 15 is 0 Å². The van der Waals surface area contributed by atoms with Crippen LogP contribution in [0.2, 0.25) is 10.0 Å². The van der Waals surface area contributed by atoms with Crippen molar-refractivity contribution in [1.29, 1.82) is 0 Å². The summed E-state index contributed by atoms with van der Waals surface area (Å²) in [5.41, 5.74) is 2.00. The van der Waals surface area contributed by atoms with Gasteiger partial charge < -0.3 is 19.0 Å². The number of rotatable bonds is 8. The molecule has 0 spiro atoms. The van der Waals surface area contributed by atoms with E-state index in [0.717, 1.165) is 5.39 Å². The number of ether oxygens (including phenoxy) is 2. The number of carbonyl (C=O) groups is 1. The number of hydrogen-bond acceptors (Lipinski definition) is 7. The van der Waals surface area contributed by atoms with Gasteiger partial charge in [-0.2, -0.15) is 9.78 Å². The molecule has 0 aliphatic rings. The summed E-state index contributed by atoms with van der Waals surface area (Å²) in [7, 11) is 1.47. The Morgan fingerprint density at radius 2 is 1.88 bits per heavy atom. The van der Waals surface area contributed by atoms with Gasteiger partial charge in [0.1, 0.15) is 12.2 Å². The van der Waals surface area contributed by atoms with Gasteiger partial charge in [-0.3, -0.25) is 4.79 Å². The van der Waals surface area contributed by atoms with Crippen molar-refractivity contribution in [2.45, 2.75) is 6.61 Å². The number of aromatic carboxylic acids is 1. The Hall–Kier alpha value is -5.12. The number of para-hydroxylation sites is 1. The minimum absolute atomic E-state index is 0.0643. The molecule has 0 fully saturated rings. The second kappa shape index (κ2) is 11.6. The van der Waals surface area contributed by atoms with Crippen LogP contribution in [0.1, 0.15) is 21.5 Å². The van der Waals surface area contributed by atoms with Gasteiger partial charge in [-0.1, -0.05) is 47.5 Å². The standard InChI is InChI=1S/C32H21Cl2N3O6/c1-41-27-13-19(12-24(34)29(27)42-17-18-5-4-6-20(11-18)32(39)40)16-35-37-30(36-25-8-3-2-7-23(25)31(37)38)28-15-21-14-22(33)9-10-26(21)43-28/h2-16H,17H2,1H3,(H,39,40). The number of fused-ring (bicyclic) bond motifs is 2. The number of carboxylic acids is 1. The zero-order valence-electron chi connectivity index (χ0n) is 22.5. The first kappa shape index (κ1) is 28.0. The Kier molecular flexibility index (Phi) is 7.58. The molecule has 6 aromatic rings. The number of methoxy groups -OCH3 is 1. The summed E-state index contributed by atoms with van der Waals surface area (Å²) in [6.07, 6.45) is 1.45. The molecule has 0 bridgehead atoms.